The first kappa shape index (κ1) is 18.6. The second kappa shape index (κ2) is 7.78. The van der Waals surface area contributed by atoms with Crippen LogP contribution in [0.2, 0.25) is 0 Å². The van der Waals surface area contributed by atoms with Gasteiger partial charge in [-0.1, -0.05) is 18.2 Å². The molecule has 154 valence electrons. The van der Waals surface area contributed by atoms with Gasteiger partial charge in [0.25, 0.3) is 0 Å². The molecule has 1 saturated heterocycles. The van der Waals surface area contributed by atoms with Crippen molar-refractivity contribution in [2.75, 3.05) is 31.1 Å². The van der Waals surface area contributed by atoms with Crippen molar-refractivity contribution in [1.29, 1.82) is 0 Å². The Morgan fingerprint density at radius 2 is 1.77 bits per heavy atom. The number of aromatic nitrogens is 4. The molecule has 0 spiro atoms. The molecule has 2 fully saturated rings. The van der Waals surface area contributed by atoms with Crippen LogP contribution in [0.25, 0.3) is 11.4 Å². The summed E-state index contributed by atoms with van der Waals surface area (Å²) in [6.07, 6.45) is 5.33. The van der Waals surface area contributed by atoms with Gasteiger partial charge in [0.1, 0.15) is 6.54 Å². The molecular formula is C22H24N6O2. The van der Waals surface area contributed by atoms with Crippen molar-refractivity contribution in [1.82, 2.24) is 24.2 Å². The highest BCUT2D eigenvalue weighted by Gasteiger charge is 2.31. The summed E-state index contributed by atoms with van der Waals surface area (Å²) in [7, 11) is 0. The van der Waals surface area contributed by atoms with Crippen molar-refractivity contribution in [3.05, 3.63) is 65.3 Å². The number of para-hydroxylation sites is 1. The van der Waals surface area contributed by atoms with Gasteiger partial charge in [0.2, 0.25) is 5.91 Å². The van der Waals surface area contributed by atoms with E-state index in [0.29, 0.717) is 18.9 Å². The zero-order valence-electron chi connectivity index (χ0n) is 16.7. The van der Waals surface area contributed by atoms with Crippen LogP contribution in [0.1, 0.15) is 18.9 Å². The van der Waals surface area contributed by atoms with Gasteiger partial charge in [0, 0.05) is 55.9 Å². The number of benzene rings is 1. The molecule has 8 nitrogen and oxygen atoms in total. The fourth-order valence-electron chi connectivity index (χ4n) is 3.96. The van der Waals surface area contributed by atoms with Crippen molar-refractivity contribution in [2.45, 2.75) is 25.4 Å². The van der Waals surface area contributed by atoms with Crippen LogP contribution in [-0.2, 0) is 11.3 Å². The summed E-state index contributed by atoms with van der Waals surface area (Å²) in [5.74, 6) is 0.528. The van der Waals surface area contributed by atoms with Gasteiger partial charge in [-0.2, -0.15) is 0 Å². The molecule has 0 bridgehead atoms. The molecule has 1 aromatic carbocycles. The minimum atomic E-state index is -0.215. The van der Waals surface area contributed by atoms with Gasteiger partial charge in [-0.05, 0) is 37.1 Å². The van der Waals surface area contributed by atoms with Crippen LogP contribution < -0.4 is 10.6 Å². The number of piperazine rings is 1. The maximum absolute atomic E-state index is 13.0. The van der Waals surface area contributed by atoms with Crippen molar-refractivity contribution in [3.8, 4) is 11.4 Å². The molecule has 1 aliphatic heterocycles. The van der Waals surface area contributed by atoms with Crippen LogP contribution in [0.3, 0.4) is 0 Å². The average molecular weight is 404 g/mol. The Labute approximate surface area is 174 Å². The number of rotatable bonds is 5. The summed E-state index contributed by atoms with van der Waals surface area (Å²) < 4.78 is 3.03. The highest BCUT2D eigenvalue weighted by molar-refractivity contribution is 5.76. The third-order valence-electron chi connectivity index (χ3n) is 5.74. The summed E-state index contributed by atoms with van der Waals surface area (Å²) in [6.45, 7) is 2.81. The predicted octanol–water partition coefficient (Wildman–Crippen LogP) is 1.79. The number of amides is 1. The molecule has 1 saturated carbocycles. The summed E-state index contributed by atoms with van der Waals surface area (Å²) >= 11 is 0. The minimum absolute atomic E-state index is 0.0306. The van der Waals surface area contributed by atoms with Gasteiger partial charge in [0.15, 0.2) is 5.82 Å². The Kier molecular flexibility index (Phi) is 4.82. The molecule has 8 heteroatoms. The molecular weight excluding hydrogens is 380 g/mol. The minimum Gasteiger partial charge on any atom is -0.368 e. The molecule has 0 atom stereocenters. The van der Waals surface area contributed by atoms with Gasteiger partial charge in [-0.15, -0.1) is 5.10 Å². The predicted molar refractivity (Wildman–Crippen MR) is 113 cm³/mol. The lowest BCUT2D eigenvalue weighted by molar-refractivity contribution is -0.132. The van der Waals surface area contributed by atoms with Crippen LogP contribution in [0, 0.1) is 0 Å². The molecule has 5 rings (SSSR count). The van der Waals surface area contributed by atoms with E-state index >= 15 is 0 Å². The largest absolute Gasteiger partial charge is 0.368 e. The standard InChI is InChI=1S/C22H24N6O2/c29-20(26-13-11-25(12-14-26)18-6-2-1-3-7-18)16-27-22(30)28(19-8-9-19)21(24-27)17-5-4-10-23-15-17/h1-7,10,15,19H,8-9,11-14,16H2. The number of carbonyl (C=O) groups is 1. The van der Waals surface area contributed by atoms with Crippen LogP contribution in [-0.4, -0.2) is 56.3 Å². The third kappa shape index (κ3) is 3.60. The first-order valence-corrected chi connectivity index (χ1v) is 10.4. The van der Waals surface area contributed by atoms with Gasteiger partial charge >= 0.3 is 5.69 Å². The molecule has 1 aliphatic carbocycles. The Morgan fingerprint density at radius 3 is 2.43 bits per heavy atom. The topological polar surface area (TPSA) is 76.3 Å². The summed E-state index contributed by atoms with van der Waals surface area (Å²) in [6, 6.07) is 14.1. The SMILES string of the molecule is O=C(Cn1nc(-c2cccnc2)n(C2CC2)c1=O)N1CCN(c2ccccc2)CC1. The summed E-state index contributed by atoms with van der Waals surface area (Å²) in [4.78, 5) is 34.1. The van der Waals surface area contributed by atoms with E-state index in [1.54, 1.807) is 17.0 Å². The van der Waals surface area contributed by atoms with E-state index in [1.165, 1.54) is 10.4 Å². The average Bonchev–Trinajstić information content (AvgIpc) is 3.59. The fraction of sp³-hybridized carbons (Fsp3) is 0.364. The molecule has 2 aromatic heterocycles. The maximum Gasteiger partial charge on any atom is 0.346 e. The van der Waals surface area contributed by atoms with Gasteiger partial charge in [-0.25, -0.2) is 9.48 Å². The molecule has 0 N–H and O–H groups in total. The quantitative estimate of drug-likeness (QED) is 0.648. The molecule has 0 unspecified atom stereocenters. The first-order valence-electron chi connectivity index (χ1n) is 10.4. The van der Waals surface area contributed by atoms with Crippen molar-refractivity contribution in [3.63, 3.8) is 0 Å². The number of pyridine rings is 1. The second-order valence-electron chi connectivity index (χ2n) is 7.81. The van der Waals surface area contributed by atoms with E-state index in [4.69, 9.17) is 0 Å². The first-order chi connectivity index (χ1) is 14.7. The maximum atomic E-state index is 13.0. The molecule has 2 aliphatic rings. The van der Waals surface area contributed by atoms with Crippen LogP contribution in [0.15, 0.2) is 59.7 Å². The van der Waals surface area contributed by atoms with E-state index in [9.17, 15) is 9.59 Å². The lowest BCUT2D eigenvalue weighted by atomic mass is 10.2. The van der Waals surface area contributed by atoms with Gasteiger partial charge < -0.3 is 9.80 Å². The van der Waals surface area contributed by atoms with E-state index in [-0.39, 0.29) is 24.2 Å². The molecule has 3 heterocycles. The van der Waals surface area contributed by atoms with Crippen molar-refractivity contribution in [2.24, 2.45) is 0 Å². The van der Waals surface area contributed by atoms with E-state index in [1.807, 2.05) is 35.2 Å². The fourth-order valence-corrected chi connectivity index (χ4v) is 3.96. The normalized spacial score (nSPS) is 16.7. The molecule has 0 radical (unpaired) electrons. The number of hydrogen-bond donors (Lipinski definition) is 0. The number of nitrogens with zero attached hydrogens (tertiary/aromatic N) is 6. The molecule has 30 heavy (non-hydrogen) atoms. The van der Waals surface area contributed by atoms with Crippen molar-refractivity contribution < 1.29 is 4.79 Å². The summed E-state index contributed by atoms with van der Waals surface area (Å²) in [5, 5.41) is 4.51. The summed E-state index contributed by atoms with van der Waals surface area (Å²) in [5.41, 5.74) is 1.75. The lowest BCUT2D eigenvalue weighted by Crippen LogP contribution is -2.50. The zero-order chi connectivity index (χ0) is 20.5. The van der Waals surface area contributed by atoms with E-state index in [0.717, 1.165) is 31.5 Å². The Morgan fingerprint density at radius 1 is 1.00 bits per heavy atom. The third-order valence-corrected chi connectivity index (χ3v) is 5.74. The van der Waals surface area contributed by atoms with Crippen LogP contribution >= 0.6 is 0 Å². The molecule has 3 aromatic rings. The van der Waals surface area contributed by atoms with E-state index in [2.05, 4.69) is 27.1 Å². The number of carbonyl (C=O) groups excluding carboxylic acids is 1. The van der Waals surface area contributed by atoms with Crippen LogP contribution in [0.4, 0.5) is 5.69 Å². The highest BCUT2D eigenvalue weighted by Crippen LogP contribution is 2.36. The van der Waals surface area contributed by atoms with Crippen LogP contribution in [0.5, 0.6) is 0 Å². The highest BCUT2D eigenvalue weighted by atomic mass is 16.2. The van der Waals surface area contributed by atoms with Crippen molar-refractivity contribution >= 4 is 11.6 Å². The Balaban J connectivity index is 1.30. The lowest BCUT2D eigenvalue weighted by Gasteiger charge is -2.36. The second-order valence-corrected chi connectivity index (χ2v) is 7.81. The zero-order valence-corrected chi connectivity index (χ0v) is 16.7. The van der Waals surface area contributed by atoms with Gasteiger partial charge in [0.05, 0.1) is 0 Å². The van der Waals surface area contributed by atoms with Gasteiger partial charge in [-0.3, -0.25) is 14.3 Å². The monoisotopic (exact) mass is 404 g/mol. The Hall–Kier alpha value is -3.42. The number of hydrogen-bond acceptors (Lipinski definition) is 5. The number of anilines is 1. The van der Waals surface area contributed by atoms with E-state index < -0.39 is 0 Å². The smallest absolute Gasteiger partial charge is 0.346 e. The Bertz CT molecular complexity index is 1080. The molecule has 1 amide bonds.